The third-order valence-corrected chi connectivity index (χ3v) is 30.2. The molecule has 20 atom stereocenters. The summed E-state index contributed by atoms with van der Waals surface area (Å²) in [6.07, 6.45) is 21.1. The zero-order valence-corrected chi connectivity index (χ0v) is 77.8. The average molecular weight is 1830 g/mol. The van der Waals surface area contributed by atoms with Crippen molar-refractivity contribution in [1.29, 1.82) is 0 Å². The van der Waals surface area contributed by atoms with E-state index in [1.807, 2.05) is 0 Å². The summed E-state index contributed by atoms with van der Waals surface area (Å²) in [6, 6.07) is 0. The first kappa shape index (κ1) is 95.7. The highest BCUT2D eigenvalue weighted by Gasteiger charge is 2.62. The molecule has 124 heavy (non-hydrogen) atoms. The molecule has 6 fully saturated rings. The molecule has 2 bridgehead atoms. The number of aliphatic hydroxyl groups is 8. The van der Waals surface area contributed by atoms with E-state index in [1.54, 1.807) is 46.1 Å². The Bertz CT molecular complexity index is 5960. The van der Waals surface area contributed by atoms with Crippen LogP contribution in [0.5, 0.6) is 0 Å². The minimum Gasteiger partial charge on any atom is -0.387 e. The van der Waals surface area contributed by atoms with Crippen molar-refractivity contribution in [2.24, 2.45) is 0 Å². The van der Waals surface area contributed by atoms with Gasteiger partial charge in [0.2, 0.25) is 0 Å². The van der Waals surface area contributed by atoms with Crippen LogP contribution in [0, 0.1) is 34.6 Å². The number of nitrogens with one attached hydrogen (secondary N) is 5. The van der Waals surface area contributed by atoms with Gasteiger partial charge in [-0.15, -0.1) is 65.9 Å². The average Bonchev–Trinajstić information content (AvgIpc) is 1.58. The van der Waals surface area contributed by atoms with E-state index in [2.05, 4.69) is 173 Å². The zero-order chi connectivity index (χ0) is 91.3. The second-order valence-electron chi connectivity index (χ2n) is 37.5. The quantitative estimate of drug-likeness (QED) is 0.0487. The summed E-state index contributed by atoms with van der Waals surface area (Å²) in [6.45, 7) is 28.4. The Labute approximate surface area is 714 Å². The summed E-state index contributed by atoms with van der Waals surface area (Å²) >= 11 is 0. The van der Waals surface area contributed by atoms with Gasteiger partial charge in [0.25, 0.3) is 27.8 Å². The minimum absolute atomic E-state index is 0.124. The second kappa shape index (κ2) is 35.6. The fraction of sp³-hybridized carbons (Fsp3) is 0.620. The first-order chi connectivity index (χ1) is 57.4. The highest BCUT2D eigenvalue weighted by molar-refractivity contribution is 7.73. The second-order valence-corrected chi connectivity index (χ2v) is 59.1. The number of alkyl halides is 1. The predicted octanol–water partition coefficient (Wildman–Crippen LogP) is 3.29. The topological polar surface area (TPSA) is 535 Å². The Morgan fingerprint density at radius 3 is 1.06 bits per heavy atom. The van der Waals surface area contributed by atoms with E-state index in [9.17, 15) is 69.2 Å². The lowest BCUT2D eigenvalue weighted by Gasteiger charge is -2.32. The summed E-state index contributed by atoms with van der Waals surface area (Å²) in [7, 11) is 0. The van der Waals surface area contributed by atoms with Crippen molar-refractivity contribution in [1.82, 2.24) is 97.6 Å². The minimum atomic E-state index is -1.61. The van der Waals surface area contributed by atoms with Crippen molar-refractivity contribution in [3.63, 3.8) is 0 Å². The van der Waals surface area contributed by atoms with Gasteiger partial charge in [-0.3, -0.25) is 46.8 Å². The van der Waals surface area contributed by atoms with E-state index in [0.29, 0.717) is 90.4 Å². The molecule has 13 N–H and O–H groups in total. The molecular formula is C79H120FN20O19P5. The molecule has 0 amide bonds. The van der Waals surface area contributed by atoms with Gasteiger partial charge in [-0.25, -0.2) is 54.2 Å². The van der Waals surface area contributed by atoms with Gasteiger partial charge in [0, 0.05) is 0 Å². The van der Waals surface area contributed by atoms with Crippen LogP contribution >= 0.6 is 34.4 Å². The number of nitrogens with zero attached hydrogens (tertiary/aromatic N) is 15. The Balaban J connectivity index is 0.000000141. The lowest BCUT2D eigenvalue weighted by atomic mass is 9.95. The summed E-state index contributed by atoms with van der Waals surface area (Å²) in [5.74, 6) is 2.24. The van der Waals surface area contributed by atoms with Gasteiger partial charge in [-0.2, -0.15) is 0 Å². The van der Waals surface area contributed by atoms with E-state index < -0.39 is 155 Å². The van der Waals surface area contributed by atoms with E-state index in [1.165, 1.54) is 63.8 Å². The predicted molar refractivity (Wildman–Crippen MR) is 486 cm³/mol. The van der Waals surface area contributed by atoms with Gasteiger partial charge in [0.05, 0.1) is 62.2 Å². The number of imidazole rings is 5. The van der Waals surface area contributed by atoms with Crippen molar-refractivity contribution in [2.45, 2.75) is 208 Å². The third kappa shape index (κ3) is 20.4. The number of aryl methyl sites for hydroxylation is 5. The molecule has 0 radical (unpaired) electrons. The fourth-order valence-corrected chi connectivity index (χ4v) is 20.8. The van der Waals surface area contributed by atoms with Gasteiger partial charge < -0.3 is 94.2 Å². The maximum atomic E-state index is 14.6. The smallest absolute Gasteiger partial charge is 0.279 e. The largest absolute Gasteiger partial charge is 0.387 e. The van der Waals surface area contributed by atoms with Gasteiger partial charge in [0.15, 0.2) is 93.1 Å². The molecule has 0 saturated carbocycles. The van der Waals surface area contributed by atoms with Crippen LogP contribution in [0.15, 0.2) is 55.6 Å². The molecule has 0 aromatic carbocycles. The SMILES string of the molecule is C=P(C)(C)CC[C@@]1(C)O[C@@H](n2cnc3c(=O)[nH]c(C)nc32)[C@H](O)[C@@H]1O.C=P(C)(C)CC[C@@]12CO[C@@H]([C@H](n3cnc4c(=O)[nH]c(C)nc43)O1)[C@@H]2O.C=P(C)(C)CC[C@H]1O[C@@H](n2cnc3c(=O)[nH]c(C)nc32)[C@@](C)(O)[C@@H]1O.C=P(C)(C)CC[C@H]1O[C@@H](n2cnc3c(=O)[nH]c(C)nc32)[C@H](F)[C@@H]1O.C=P(C)(C)CC[C@H]1O[C@@H](n2cnc3c(=O)[nH]c(C)nc32)[C@](C)(O)[C@@H]1O. The molecule has 6 saturated heterocycles. The maximum absolute atomic E-state index is 14.6. The van der Waals surface area contributed by atoms with Crippen LogP contribution in [0.3, 0.4) is 0 Å². The molecule has 0 unspecified atom stereocenters. The van der Waals surface area contributed by atoms with Crippen molar-refractivity contribution in [2.75, 3.05) is 104 Å². The van der Waals surface area contributed by atoms with Gasteiger partial charge in [0.1, 0.15) is 88.7 Å². The maximum Gasteiger partial charge on any atom is 0.279 e. The number of aromatic nitrogens is 20. The van der Waals surface area contributed by atoms with Crippen molar-refractivity contribution in [3.8, 4) is 0 Å². The molecule has 16 heterocycles. The first-order valence-electron chi connectivity index (χ1n) is 40.6. The summed E-state index contributed by atoms with van der Waals surface area (Å²) in [5, 5.41) is 84.8. The number of halogens is 1. The molecule has 10 aromatic heterocycles. The highest BCUT2D eigenvalue weighted by Crippen LogP contribution is 2.52. The Hall–Kier alpha value is -7.38. The van der Waals surface area contributed by atoms with E-state index in [4.69, 9.17) is 28.4 Å². The first-order valence-corrected chi connectivity index (χ1v) is 55.8. The number of aliphatic hydroxyl groups excluding tert-OH is 6. The van der Waals surface area contributed by atoms with Gasteiger partial charge in [-0.05, 0) is 185 Å². The standard InChI is InChI=1S/C16H23N4O4P.3C16H25N4O4P.C15H22FN4O3P/c1-9-18-13-10(14(22)19-9)17-8-20(13)15-11-12(21)16(24-15,7-23-11)5-6-25(2,3)4;1-9-18-13-10(14(23)19-9)17-8-20(13)15-11(21)12(22)16(2,24-15)6-7-25(3,4)5;2*1-9-18-13-11(14(22)19-9)17-8-20(13)15-16(2,23)12(21)10(24-15)6-7-25(3,4)5;1-8-18-13-11(14(22)19-8)17-7-20(13)15-10(16)12(21)9(23-15)5-6-24(2,3)4/h8,11-12,15,21H,2,5-7H2,1,3-4H3,(H,18,19,22);8,11-12,15,21-22H,3,6-7H2,1-2,4-5H3,(H,18,19,23);2*8,10,12,15,21,23H,3,6-7H2,1-2,4-5H3,(H,18,19,22);7,9-10,12,15,21H,2,5-6H2,1,3-4H3,(H,18,19,22)/t11-,12+,15-,16+;11-,12+,15-,16-;10-,12-,15-,16+;10-,12-,15-,16-;9-,10-,12-,15-/m11111/s1. The molecule has 45 heteroatoms. The van der Waals surface area contributed by atoms with Gasteiger partial charge >= 0.3 is 0 Å². The Morgan fingerprint density at radius 2 is 0.718 bits per heavy atom. The molecule has 682 valence electrons. The summed E-state index contributed by atoms with van der Waals surface area (Å²) in [4.78, 5) is 115. The van der Waals surface area contributed by atoms with Crippen molar-refractivity contribution in [3.05, 3.63) is 113 Å². The van der Waals surface area contributed by atoms with Crippen LogP contribution in [-0.4, -0.2) is 364 Å². The molecule has 0 aliphatic carbocycles. The number of fused-ring (bicyclic) bond motifs is 7. The van der Waals surface area contributed by atoms with E-state index >= 15 is 0 Å². The van der Waals surface area contributed by atoms with Crippen LogP contribution in [0.4, 0.5) is 4.39 Å². The lowest BCUT2D eigenvalue weighted by molar-refractivity contribution is -0.172. The van der Waals surface area contributed by atoms with E-state index in [0.717, 1.165) is 30.8 Å². The molecule has 6 aliphatic heterocycles. The number of hydrogen-bond acceptors (Lipinski definition) is 29. The highest BCUT2D eigenvalue weighted by atomic mass is 31.2. The number of rotatable bonds is 20. The summed E-state index contributed by atoms with van der Waals surface area (Å²) < 4.78 is 58.1. The van der Waals surface area contributed by atoms with Crippen LogP contribution in [0.25, 0.3) is 55.8 Å². The molecular weight excluding hydrogens is 1710 g/mol. The number of ether oxygens (including phenoxy) is 6. The van der Waals surface area contributed by atoms with Crippen LogP contribution in [-0.2, 0) is 28.4 Å². The molecule has 10 aromatic rings. The third-order valence-electron chi connectivity index (χ3n) is 22.9. The number of hydrogen-bond donors (Lipinski definition) is 13. The fourth-order valence-electron chi connectivity index (χ4n) is 15.9. The van der Waals surface area contributed by atoms with E-state index in [-0.39, 0.29) is 61.0 Å². The van der Waals surface area contributed by atoms with Gasteiger partial charge in [-0.1, -0.05) is 0 Å². The molecule has 16 rings (SSSR count). The molecule has 0 spiro atoms. The van der Waals surface area contributed by atoms with Crippen molar-refractivity contribution >= 4 is 122 Å². The normalized spacial score (nSPS) is 30.1. The van der Waals surface area contributed by atoms with Crippen LogP contribution < -0.4 is 27.8 Å². The monoisotopic (exact) mass is 1830 g/mol. The zero-order valence-electron chi connectivity index (χ0n) is 73.3. The van der Waals surface area contributed by atoms with Crippen molar-refractivity contribution < 1.29 is 73.7 Å². The Kier molecular flexibility index (Phi) is 27.5. The molecule has 6 aliphatic rings. The van der Waals surface area contributed by atoms with Crippen LogP contribution in [0.2, 0.25) is 0 Å². The number of aromatic amines is 5. The Morgan fingerprint density at radius 1 is 0.411 bits per heavy atom. The lowest BCUT2D eigenvalue weighted by Crippen LogP contribution is -2.43. The number of H-pyrrole nitrogens is 5. The summed E-state index contributed by atoms with van der Waals surface area (Å²) in [5.41, 5.74) is -3.82. The molecule has 39 nitrogen and oxygen atoms in total. The van der Waals surface area contributed by atoms with Crippen LogP contribution in [0.1, 0.15) is 113 Å².